The molecule has 1 atom stereocenters. The van der Waals surface area contributed by atoms with E-state index in [-0.39, 0.29) is 25.0 Å². The van der Waals surface area contributed by atoms with Gasteiger partial charge in [0.2, 0.25) is 18.6 Å². The first-order chi connectivity index (χ1) is 8.74. The van der Waals surface area contributed by atoms with Crippen LogP contribution in [0.15, 0.2) is 18.2 Å². The molecule has 1 unspecified atom stereocenters. The van der Waals surface area contributed by atoms with Crippen LogP contribution in [0.25, 0.3) is 0 Å². The molecule has 94 valence electrons. The molecule has 1 aromatic carbocycles. The fourth-order valence-electron chi connectivity index (χ4n) is 2.08. The van der Waals surface area contributed by atoms with Gasteiger partial charge < -0.3 is 14.8 Å². The maximum atomic E-state index is 11.4. The van der Waals surface area contributed by atoms with E-state index in [0.717, 1.165) is 5.56 Å². The monoisotopic (exact) mass is 248 g/mol. The molecule has 2 heterocycles. The number of carbonyl (C=O) groups is 2. The van der Waals surface area contributed by atoms with Gasteiger partial charge in [-0.25, -0.2) is 0 Å². The molecular formula is C12H12N2O4. The van der Waals surface area contributed by atoms with Crippen molar-refractivity contribution in [1.29, 1.82) is 0 Å². The third-order valence-electron chi connectivity index (χ3n) is 2.99. The molecule has 2 aliphatic heterocycles. The number of nitrogens with one attached hydrogen (secondary N) is 2. The molecule has 0 spiro atoms. The van der Waals surface area contributed by atoms with Gasteiger partial charge in [-0.3, -0.25) is 14.9 Å². The van der Waals surface area contributed by atoms with E-state index >= 15 is 0 Å². The molecule has 0 saturated carbocycles. The number of hydrogen-bond acceptors (Lipinski definition) is 5. The van der Waals surface area contributed by atoms with E-state index in [0.29, 0.717) is 18.0 Å². The Balaban J connectivity index is 1.69. The smallest absolute Gasteiger partial charge is 0.244 e. The van der Waals surface area contributed by atoms with E-state index in [4.69, 9.17) is 9.47 Å². The van der Waals surface area contributed by atoms with Crippen molar-refractivity contribution in [3.63, 3.8) is 0 Å². The minimum atomic E-state index is -0.462. The van der Waals surface area contributed by atoms with Crippen LogP contribution in [-0.4, -0.2) is 24.6 Å². The highest BCUT2D eigenvalue weighted by Crippen LogP contribution is 2.35. The quantitative estimate of drug-likeness (QED) is 0.732. The molecule has 6 heteroatoms. The molecule has 2 N–H and O–H groups in total. The van der Waals surface area contributed by atoms with Crippen molar-refractivity contribution in [3.05, 3.63) is 23.8 Å². The molecule has 18 heavy (non-hydrogen) atoms. The van der Waals surface area contributed by atoms with Crippen molar-refractivity contribution in [2.24, 2.45) is 0 Å². The third-order valence-corrected chi connectivity index (χ3v) is 2.99. The molecule has 1 fully saturated rings. The van der Waals surface area contributed by atoms with Crippen LogP contribution in [0.2, 0.25) is 0 Å². The second-order valence-corrected chi connectivity index (χ2v) is 4.20. The Morgan fingerprint density at radius 1 is 1.33 bits per heavy atom. The van der Waals surface area contributed by atoms with E-state index in [1.54, 1.807) is 0 Å². The molecule has 1 saturated heterocycles. The zero-order chi connectivity index (χ0) is 12.5. The molecule has 6 nitrogen and oxygen atoms in total. The van der Waals surface area contributed by atoms with Crippen LogP contribution in [0.5, 0.6) is 11.5 Å². The van der Waals surface area contributed by atoms with Crippen LogP contribution in [0.1, 0.15) is 12.0 Å². The molecular weight excluding hydrogens is 236 g/mol. The second-order valence-electron chi connectivity index (χ2n) is 4.20. The lowest BCUT2D eigenvalue weighted by atomic mass is 10.1. The normalized spacial score (nSPS) is 21.2. The fraction of sp³-hybridized carbons (Fsp3) is 0.333. The molecule has 3 rings (SSSR count). The van der Waals surface area contributed by atoms with Gasteiger partial charge in [-0.15, -0.1) is 0 Å². The molecule has 0 aliphatic carbocycles. The highest BCUT2D eigenvalue weighted by Gasteiger charge is 2.30. The summed E-state index contributed by atoms with van der Waals surface area (Å²) < 4.78 is 10.6. The average molecular weight is 248 g/mol. The average Bonchev–Trinajstić information content (AvgIpc) is 2.93. The van der Waals surface area contributed by atoms with Crippen LogP contribution in [-0.2, 0) is 16.1 Å². The first-order valence-electron chi connectivity index (χ1n) is 5.68. The summed E-state index contributed by atoms with van der Waals surface area (Å²) in [5, 5.41) is 5.30. The van der Waals surface area contributed by atoms with Crippen LogP contribution in [0.3, 0.4) is 0 Å². The van der Waals surface area contributed by atoms with Gasteiger partial charge in [0.25, 0.3) is 0 Å². The summed E-state index contributed by atoms with van der Waals surface area (Å²) in [6.07, 6.45) is 0.186. The third kappa shape index (κ3) is 1.91. The van der Waals surface area contributed by atoms with Gasteiger partial charge in [-0.1, -0.05) is 12.1 Å². The van der Waals surface area contributed by atoms with Gasteiger partial charge in [0.1, 0.15) is 0 Å². The van der Waals surface area contributed by atoms with Crippen LogP contribution in [0.4, 0.5) is 0 Å². The second kappa shape index (κ2) is 4.30. The Morgan fingerprint density at radius 3 is 3.00 bits per heavy atom. The minimum absolute atomic E-state index is 0.186. The molecule has 1 aromatic rings. The van der Waals surface area contributed by atoms with Crippen molar-refractivity contribution in [3.8, 4) is 11.5 Å². The van der Waals surface area contributed by atoms with Crippen LogP contribution >= 0.6 is 0 Å². The first kappa shape index (κ1) is 11.0. The minimum Gasteiger partial charge on any atom is -0.454 e. The van der Waals surface area contributed by atoms with Crippen molar-refractivity contribution < 1.29 is 19.1 Å². The number of carbonyl (C=O) groups excluding carboxylic acids is 2. The summed E-state index contributed by atoms with van der Waals surface area (Å²) in [5.74, 6) is 0.899. The van der Waals surface area contributed by atoms with Crippen molar-refractivity contribution in [2.45, 2.75) is 19.0 Å². The number of benzene rings is 1. The van der Waals surface area contributed by atoms with E-state index < -0.39 is 6.04 Å². The number of rotatable bonds is 3. The lowest BCUT2D eigenvalue weighted by Gasteiger charge is -2.10. The highest BCUT2D eigenvalue weighted by molar-refractivity contribution is 6.05. The maximum absolute atomic E-state index is 11.4. The summed E-state index contributed by atoms with van der Waals surface area (Å²) in [4.78, 5) is 22.4. The van der Waals surface area contributed by atoms with E-state index in [1.165, 1.54) is 0 Å². The topological polar surface area (TPSA) is 76.7 Å². The predicted octanol–water partition coefficient (Wildman–Crippen LogP) is -0.0800. The van der Waals surface area contributed by atoms with Gasteiger partial charge in [-0.2, -0.15) is 0 Å². The lowest BCUT2D eigenvalue weighted by Crippen LogP contribution is -2.35. The summed E-state index contributed by atoms with van der Waals surface area (Å²) >= 11 is 0. The number of fused-ring (bicyclic) bond motifs is 1. The Bertz CT molecular complexity index is 515. The van der Waals surface area contributed by atoms with E-state index in [1.807, 2.05) is 18.2 Å². The number of para-hydroxylation sites is 1. The van der Waals surface area contributed by atoms with Gasteiger partial charge in [0, 0.05) is 12.1 Å². The summed E-state index contributed by atoms with van der Waals surface area (Å²) in [7, 11) is 0. The van der Waals surface area contributed by atoms with E-state index in [2.05, 4.69) is 10.6 Å². The standard InChI is InChI=1S/C12H12N2O4/c15-10-4-8(12(16)14-10)13-5-7-2-1-3-9-11(7)18-6-17-9/h1-3,8,13H,4-6H2,(H,14,15,16). The van der Waals surface area contributed by atoms with Gasteiger partial charge in [0.15, 0.2) is 11.5 Å². The number of amides is 2. The van der Waals surface area contributed by atoms with Crippen molar-refractivity contribution >= 4 is 11.8 Å². The van der Waals surface area contributed by atoms with Crippen LogP contribution < -0.4 is 20.1 Å². The molecule has 0 bridgehead atoms. The Morgan fingerprint density at radius 2 is 2.22 bits per heavy atom. The SMILES string of the molecule is O=C1CC(NCc2cccc3c2OCO3)C(=O)N1. The number of imide groups is 1. The van der Waals surface area contributed by atoms with E-state index in [9.17, 15) is 9.59 Å². The molecule has 2 aliphatic rings. The number of ether oxygens (including phenoxy) is 2. The van der Waals surface area contributed by atoms with Gasteiger partial charge in [-0.05, 0) is 6.07 Å². The maximum Gasteiger partial charge on any atom is 0.244 e. The summed E-state index contributed by atoms with van der Waals surface area (Å²) in [6.45, 7) is 0.673. The Labute approximate surface area is 103 Å². The largest absolute Gasteiger partial charge is 0.454 e. The zero-order valence-electron chi connectivity index (χ0n) is 9.56. The Hall–Kier alpha value is -2.08. The molecule has 0 aromatic heterocycles. The first-order valence-corrected chi connectivity index (χ1v) is 5.68. The van der Waals surface area contributed by atoms with Gasteiger partial charge >= 0.3 is 0 Å². The van der Waals surface area contributed by atoms with Crippen molar-refractivity contribution in [2.75, 3.05) is 6.79 Å². The highest BCUT2D eigenvalue weighted by atomic mass is 16.7. The summed E-state index contributed by atoms with van der Waals surface area (Å²) in [5.41, 5.74) is 0.914. The predicted molar refractivity (Wildman–Crippen MR) is 61.0 cm³/mol. The molecule has 0 radical (unpaired) electrons. The lowest BCUT2D eigenvalue weighted by molar-refractivity contribution is -0.125. The van der Waals surface area contributed by atoms with Crippen LogP contribution in [0, 0.1) is 0 Å². The summed E-state index contributed by atoms with van der Waals surface area (Å²) in [6, 6.07) is 5.13. The molecule has 2 amide bonds. The van der Waals surface area contributed by atoms with Crippen molar-refractivity contribution in [1.82, 2.24) is 10.6 Å². The zero-order valence-corrected chi connectivity index (χ0v) is 9.56. The number of hydrogen-bond donors (Lipinski definition) is 2. The van der Waals surface area contributed by atoms with Gasteiger partial charge in [0.05, 0.1) is 12.5 Å². The Kier molecular flexibility index (Phi) is 2.64. The fourth-order valence-corrected chi connectivity index (χ4v) is 2.08.